The lowest BCUT2D eigenvalue weighted by Crippen LogP contribution is -2.28. The maximum absolute atomic E-state index is 2.43. The monoisotopic (exact) mass is 2010 g/mol. The Kier molecular flexibility index (Phi) is 63.9. The molecule has 0 heterocycles. The third-order valence-corrected chi connectivity index (χ3v) is 42.6. The van der Waals surface area contributed by atoms with E-state index in [1.807, 2.05) is 0 Å². The van der Waals surface area contributed by atoms with E-state index in [0.29, 0.717) is 0 Å². The Morgan fingerprint density at radius 2 is 0.476 bits per heavy atom. The average molecular weight is 2010 g/mol. The molecule has 1 aromatic carbocycles. The summed E-state index contributed by atoms with van der Waals surface area (Å²) in [4.78, 5) is 0. The van der Waals surface area contributed by atoms with Crippen molar-refractivity contribution in [2.75, 3.05) is 0 Å². The molecule has 0 radical (unpaired) electrons. The number of fused-ring (bicyclic) bond motifs is 17. The van der Waals surface area contributed by atoms with Crippen LogP contribution in [0.1, 0.15) is 640 Å². The standard InChI is InChI=1S/C10H18.C10H12.C9H16.C9H14.C8H14.C8H10.C8H14.C8H16.C7H12.C7H10.C7H12.C7H14.C6H10.C6H12.C6H10.2C6H8.C5H8.C5H10.C5H8.C4H8/c2*1-2-6-10-8-4-3-7-9(10)5-1;2*1-2-5-9-7-3-6-8(9)4-1;2*1-3-7-5-2-6-8(7)4-1;1-2-8-5-3-7(1)4-6-8;1-2-4-6-8-7-5-3-1;2*1-2-7-4-3-6(1)5-7;1-2-6-4-7(3-1)5-6;1-2-4-6-7-5-3-1;1-2-5-4-6(5)3-1;4*1-2-4-6-5-3-1;1-2-5-3-4(1)5;2*1-2-4-5-3-1;1-2-4-3-1/h9-10H,1-8H2;1-2,5-6H,3-4,7-8H2;8-9H,1-7H2;3,6,8-9H,1-2,4-5,7H2;7-8H,1-6H2;1,3-4,7H,2,5-6H2;7-8H,1-6H2;1-8H2;6-7H,1-5H2;1-2,6-7H,3-5H2;6-7H,1-5H2;1-7H2;5-6H,1-4H2;1-6H2;1-2H,3-6H2;1-2,5-6H,3-4H2;1-4H,5-6H2;4-5H,1-3H2;1-5H2;1-2H,3-5H2;1-4H2. The molecule has 11 unspecified atom stereocenters. The summed E-state index contributed by atoms with van der Waals surface area (Å²) in [6.07, 6.45) is 192. The second-order valence-electron chi connectivity index (χ2n) is 54.3. The summed E-state index contributed by atoms with van der Waals surface area (Å²) in [6, 6.07) is 8.80. The van der Waals surface area contributed by atoms with E-state index < -0.39 is 0 Å². The van der Waals surface area contributed by atoms with Crippen molar-refractivity contribution in [3.8, 4) is 0 Å². The van der Waals surface area contributed by atoms with Gasteiger partial charge in [-0.3, -0.25) is 0 Å². The summed E-state index contributed by atoms with van der Waals surface area (Å²) in [5.74, 6) is 23.8. The number of rotatable bonds is 0. The summed E-state index contributed by atoms with van der Waals surface area (Å²) >= 11 is 0. The van der Waals surface area contributed by atoms with Crippen LogP contribution >= 0.6 is 0 Å². The van der Waals surface area contributed by atoms with Crippen LogP contribution in [0.4, 0.5) is 0 Å². The fraction of sp³-hybridized carbons (Fsp3) is 0.823. The van der Waals surface area contributed by atoms with Gasteiger partial charge in [-0.25, -0.2) is 0 Å². The van der Waals surface area contributed by atoms with Crippen molar-refractivity contribution in [2.24, 2.45) is 124 Å². The van der Waals surface area contributed by atoms with Crippen molar-refractivity contribution >= 4 is 0 Å². The van der Waals surface area contributed by atoms with Crippen LogP contribution in [-0.2, 0) is 12.8 Å². The Bertz CT molecular complexity index is 3380. The minimum Gasteiger partial charge on any atom is -0.0885 e. The second kappa shape index (κ2) is 77.9. The highest BCUT2D eigenvalue weighted by molar-refractivity contribution is 5.30. The van der Waals surface area contributed by atoms with Crippen molar-refractivity contribution in [3.63, 3.8) is 0 Å². The lowest BCUT2D eigenvalue weighted by atomic mass is 9.65. The molecule has 0 amide bonds. The van der Waals surface area contributed by atoms with Gasteiger partial charge in [0, 0.05) is 0 Å². The Balaban J connectivity index is 0.000000129. The van der Waals surface area contributed by atoms with E-state index in [9.17, 15) is 0 Å². The predicted molar refractivity (Wildman–Crippen MR) is 650 cm³/mol. The molecule has 0 saturated heterocycles. The van der Waals surface area contributed by atoms with Gasteiger partial charge in [-0.05, 0) is 334 Å². The molecule has 8 bridgehead atoms. The molecule has 0 heteroatoms. The van der Waals surface area contributed by atoms with Crippen molar-refractivity contribution in [2.45, 2.75) is 642 Å². The Hall–Kier alpha value is -3.38. The maximum Gasteiger partial charge on any atom is -0.00169 e. The number of hydrogen-bond donors (Lipinski definition) is 0. The maximum atomic E-state index is 2.43. The van der Waals surface area contributed by atoms with Crippen LogP contribution in [0.25, 0.3) is 0 Å². The van der Waals surface area contributed by atoms with Gasteiger partial charge in [0.2, 0.25) is 0 Å². The second-order valence-corrected chi connectivity index (χ2v) is 54.3. The van der Waals surface area contributed by atoms with Crippen LogP contribution in [0.3, 0.4) is 0 Å². The Labute approximate surface area is 916 Å². The molecule has 35 rings (SSSR count). The molecule has 147 heavy (non-hydrogen) atoms. The summed E-state index contributed by atoms with van der Waals surface area (Å²) in [5, 5.41) is 0. The van der Waals surface area contributed by atoms with Crippen LogP contribution in [0, 0.1) is 124 Å². The van der Waals surface area contributed by atoms with Crippen molar-refractivity contribution in [1.29, 1.82) is 0 Å². The minimum absolute atomic E-state index is 0.856. The van der Waals surface area contributed by atoms with E-state index in [-0.39, 0.29) is 0 Å². The summed E-state index contributed by atoms with van der Waals surface area (Å²) in [6.45, 7) is 0. The molecule has 11 atom stereocenters. The third-order valence-electron chi connectivity index (χ3n) is 42.6. The normalized spacial score (nSPS) is 34.5. The zero-order chi connectivity index (χ0) is 101. The van der Waals surface area contributed by atoms with Gasteiger partial charge in [0.15, 0.2) is 0 Å². The molecule has 34 aliphatic rings. The Morgan fingerprint density at radius 1 is 0.163 bits per heavy atom. The van der Waals surface area contributed by atoms with E-state index in [4.69, 9.17) is 0 Å². The highest BCUT2D eigenvalue weighted by atomic mass is 14.5. The van der Waals surface area contributed by atoms with Crippen LogP contribution in [0.2, 0.25) is 0 Å². The van der Waals surface area contributed by atoms with Gasteiger partial charge in [-0.15, -0.1) is 0 Å². The summed E-state index contributed by atoms with van der Waals surface area (Å²) < 4.78 is 0. The van der Waals surface area contributed by atoms with Gasteiger partial charge < -0.3 is 0 Å². The first kappa shape index (κ1) is 121. The van der Waals surface area contributed by atoms with Crippen LogP contribution in [0.5, 0.6) is 0 Å². The van der Waals surface area contributed by atoms with E-state index in [1.54, 1.807) is 229 Å². The van der Waals surface area contributed by atoms with Crippen molar-refractivity contribution in [1.82, 2.24) is 0 Å². The summed E-state index contributed by atoms with van der Waals surface area (Å²) in [7, 11) is 0. The van der Waals surface area contributed by atoms with Crippen molar-refractivity contribution < 1.29 is 0 Å². The molecule has 1 aromatic rings. The molecule has 26 fully saturated rings. The van der Waals surface area contributed by atoms with E-state index in [0.717, 1.165) is 66.1 Å². The molecule has 0 aromatic heterocycles. The number of aryl methyl sites for hydroxylation is 2. The number of allylic oxidation sites excluding steroid dienone is 20. The quantitative estimate of drug-likeness (QED) is 0.179. The largest absolute Gasteiger partial charge is 0.0885 e. The molecule has 0 nitrogen and oxygen atoms in total. The highest BCUT2D eigenvalue weighted by Crippen LogP contribution is 2.56. The fourth-order valence-electron chi connectivity index (χ4n) is 31.9. The fourth-order valence-corrected chi connectivity index (χ4v) is 31.9. The first-order valence-corrected chi connectivity index (χ1v) is 68.7. The van der Waals surface area contributed by atoms with Gasteiger partial charge in [0.25, 0.3) is 0 Å². The van der Waals surface area contributed by atoms with Crippen LogP contribution in [-0.4, -0.2) is 0 Å². The highest BCUT2D eigenvalue weighted by Gasteiger charge is 2.45. The number of benzene rings is 1. The van der Waals surface area contributed by atoms with Gasteiger partial charge in [-0.2, -0.15) is 0 Å². The minimum atomic E-state index is 0.856. The molecule has 0 N–H and O–H groups in total. The first-order valence-electron chi connectivity index (χ1n) is 68.7. The Morgan fingerprint density at radius 3 is 0.707 bits per heavy atom. The third kappa shape index (κ3) is 52.6. The molecule has 0 aliphatic heterocycles. The molecular weight excluding hydrogens is 1770 g/mol. The number of hydrogen-bond acceptors (Lipinski definition) is 0. The van der Waals surface area contributed by atoms with E-state index >= 15 is 0 Å². The zero-order valence-electron chi connectivity index (χ0n) is 97.6. The molecular formula is C147H244. The van der Waals surface area contributed by atoms with Gasteiger partial charge in [0.1, 0.15) is 0 Å². The van der Waals surface area contributed by atoms with E-state index in [2.05, 4.69) is 140 Å². The van der Waals surface area contributed by atoms with Crippen molar-refractivity contribution in [3.05, 3.63) is 156 Å². The molecule has 34 aliphatic carbocycles. The smallest absolute Gasteiger partial charge is 0.00169 e. The zero-order valence-corrected chi connectivity index (χ0v) is 97.6. The van der Waals surface area contributed by atoms with Gasteiger partial charge >= 0.3 is 0 Å². The molecule has 0 spiro atoms. The lowest BCUT2D eigenvalue weighted by molar-refractivity contribution is 0.116. The lowest BCUT2D eigenvalue weighted by Gasteiger charge is -2.40. The molecule has 26 saturated carbocycles. The van der Waals surface area contributed by atoms with E-state index in [1.165, 1.54) is 488 Å². The van der Waals surface area contributed by atoms with Crippen LogP contribution < -0.4 is 0 Å². The summed E-state index contributed by atoms with van der Waals surface area (Å²) in [5.41, 5.74) is 4.83. The molecule has 832 valence electrons. The van der Waals surface area contributed by atoms with Gasteiger partial charge in [-0.1, -0.05) is 588 Å². The van der Waals surface area contributed by atoms with Crippen LogP contribution in [0.15, 0.2) is 145 Å². The SMILES string of the molecule is C1=CC2CCC1C2.C1=CC2CCCC2=C1.C1=CC2CCCCC2C1.C1=CCC=CC1.C1=CCCC1.C1=CCCC=C1.C1=CCCCC1.C1CC2CC(C1)C2.C1CC2CC12.C1CC2CC2C1.C1CC2CCC1C2.C1CC2CCC1CC2.C1CC2CCCC2C1.C1CCC1.C1CCC2CCCC2C1.C1CCC2CCCCC2C1.C1CCCC1.C1CCCCC1.C1CCCCCC1.C1CCCCCCC1.c1ccc2c(c1)CCCC2. The average Bonchev–Trinajstić information content (AvgIpc) is 1.65. The predicted octanol–water partition coefficient (Wildman–Crippen LogP) is 48.0. The topological polar surface area (TPSA) is 0 Å². The first-order chi connectivity index (χ1) is 73.0. The van der Waals surface area contributed by atoms with Gasteiger partial charge in [0.05, 0.1) is 0 Å².